The number of fused-ring (bicyclic) bond motifs is 1. The molecule has 6 nitrogen and oxygen atoms in total. The second-order valence-electron chi connectivity index (χ2n) is 5.06. The number of rotatable bonds is 2. The topological polar surface area (TPSA) is 71.3 Å². The minimum absolute atomic E-state index is 0. The van der Waals surface area contributed by atoms with Crippen LogP contribution in [0.5, 0.6) is 0 Å². The molecule has 1 aromatic heterocycles. The molecular formula is C14H17ClN4O2. The van der Waals surface area contributed by atoms with E-state index in [0.717, 1.165) is 25.3 Å². The van der Waals surface area contributed by atoms with E-state index in [1.807, 2.05) is 6.07 Å². The number of nitrogens with one attached hydrogen (secondary N) is 1. The van der Waals surface area contributed by atoms with Crippen LogP contribution in [0.4, 0.5) is 11.4 Å². The van der Waals surface area contributed by atoms with Gasteiger partial charge in [-0.05, 0) is 25.1 Å². The maximum absolute atomic E-state index is 11.1. The summed E-state index contributed by atoms with van der Waals surface area (Å²) in [5, 5.41) is 15.1. The van der Waals surface area contributed by atoms with Crippen molar-refractivity contribution in [1.29, 1.82) is 0 Å². The standard InChI is InChI=1S/C14H16N4O2.ClH/c1-10-9-17(8-7-15-10)13-5-4-12(18(19)20)11-3-2-6-16-14(11)13;/h2-6,10,15H,7-9H2,1H3;1H. The molecule has 1 N–H and O–H groups in total. The molecule has 1 fully saturated rings. The fourth-order valence-corrected chi connectivity index (χ4v) is 2.71. The fourth-order valence-electron chi connectivity index (χ4n) is 2.71. The highest BCUT2D eigenvalue weighted by molar-refractivity contribution is 5.97. The van der Waals surface area contributed by atoms with Crippen LogP contribution in [0.3, 0.4) is 0 Å². The van der Waals surface area contributed by atoms with Crippen molar-refractivity contribution < 1.29 is 4.92 Å². The Hall–Kier alpha value is -1.92. The SMILES string of the molecule is CC1CN(c2ccc([N+](=O)[O-])c3cccnc23)CCN1.Cl. The summed E-state index contributed by atoms with van der Waals surface area (Å²) in [6, 6.07) is 7.28. The van der Waals surface area contributed by atoms with Crippen molar-refractivity contribution in [2.24, 2.45) is 0 Å². The first-order valence-electron chi connectivity index (χ1n) is 6.67. The maximum Gasteiger partial charge on any atom is 0.278 e. The highest BCUT2D eigenvalue weighted by Gasteiger charge is 2.21. The molecule has 3 rings (SSSR count). The molecule has 1 unspecified atom stereocenters. The number of pyridine rings is 1. The molecule has 0 aliphatic carbocycles. The van der Waals surface area contributed by atoms with E-state index in [1.165, 1.54) is 0 Å². The quantitative estimate of drug-likeness (QED) is 0.681. The molecule has 0 bridgehead atoms. The number of non-ortho nitro benzene ring substituents is 1. The monoisotopic (exact) mass is 308 g/mol. The first kappa shape index (κ1) is 15.5. The third-order valence-electron chi connectivity index (χ3n) is 3.63. The van der Waals surface area contributed by atoms with Gasteiger partial charge in [-0.2, -0.15) is 0 Å². The molecule has 1 aliphatic rings. The van der Waals surface area contributed by atoms with Crippen molar-refractivity contribution in [1.82, 2.24) is 10.3 Å². The second-order valence-corrected chi connectivity index (χ2v) is 5.06. The van der Waals surface area contributed by atoms with Gasteiger partial charge in [0.05, 0.1) is 16.0 Å². The molecule has 0 spiro atoms. The summed E-state index contributed by atoms with van der Waals surface area (Å²) in [5.74, 6) is 0. The van der Waals surface area contributed by atoms with Gasteiger partial charge in [0.25, 0.3) is 5.69 Å². The molecule has 21 heavy (non-hydrogen) atoms. The van der Waals surface area contributed by atoms with E-state index in [9.17, 15) is 10.1 Å². The average Bonchev–Trinajstić information content (AvgIpc) is 2.46. The predicted molar refractivity (Wildman–Crippen MR) is 85.3 cm³/mol. The maximum atomic E-state index is 11.1. The molecule has 112 valence electrons. The van der Waals surface area contributed by atoms with E-state index < -0.39 is 0 Å². The summed E-state index contributed by atoms with van der Waals surface area (Å²) in [6.07, 6.45) is 1.68. The zero-order chi connectivity index (χ0) is 14.1. The molecule has 1 saturated heterocycles. The molecule has 1 atom stereocenters. The van der Waals surface area contributed by atoms with E-state index in [2.05, 4.69) is 22.1 Å². The Bertz CT molecular complexity index is 664. The van der Waals surface area contributed by atoms with Gasteiger partial charge in [-0.25, -0.2) is 0 Å². The number of aromatic nitrogens is 1. The molecule has 0 amide bonds. The normalized spacial score (nSPS) is 18.3. The molecule has 0 radical (unpaired) electrons. The van der Waals surface area contributed by atoms with Gasteiger partial charge in [-0.1, -0.05) is 0 Å². The zero-order valence-corrected chi connectivity index (χ0v) is 12.5. The highest BCUT2D eigenvalue weighted by atomic mass is 35.5. The Morgan fingerprint density at radius 3 is 2.95 bits per heavy atom. The van der Waals surface area contributed by atoms with Gasteiger partial charge in [0, 0.05) is 37.9 Å². The van der Waals surface area contributed by atoms with E-state index in [-0.39, 0.29) is 23.0 Å². The van der Waals surface area contributed by atoms with Crippen LogP contribution in [-0.4, -0.2) is 35.6 Å². The molecule has 7 heteroatoms. The summed E-state index contributed by atoms with van der Waals surface area (Å²) in [6.45, 7) is 4.80. The van der Waals surface area contributed by atoms with Gasteiger partial charge in [0.2, 0.25) is 0 Å². The Labute approximate surface area is 128 Å². The fraction of sp³-hybridized carbons (Fsp3) is 0.357. The van der Waals surface area contributed by atoms with Gasteiger partial charge >= 0.3 is 0 Å². The molecular weight excluding hydrogens is 292 g/mol. The third kappa shape index (κ3) is 2.91. The minimum atomic E-state index is -0.353. The van der Waals surface area contributed by atoms with Crippen LogP contribution in [0.2, 0.25) is 0 Å². The van der Waals surface area contributed by atoms with Gasteiger partial charge in [-0.15, -0.1) is 12.4 Å². The van der Waals surface area contributed by atoms with Crippen molar-refractivity contribution in [2.75, 3.05) is 24.5 Å². The van der Waals surface area contributed by atoms with Crippen LogP contribution >= 0.6 is 12.4 Å². The van der Waals surface area contributed by atoms with Crippen LogP contribution in [0.25, 0.3) is 10.9 Å². The van der Waals surface area contributed by atoms with Gasteiger partial charge in [0.1, 0.15) is 5.52 Å². The number of anilines is 1. The van der Waals surface area contributed by atoms with Crippen molar-refractivity contribution >= 4 is 34.7 Å². The molecule has 0 saturated carbocycles. The summed E-state index contributed by atoms with van der Waals surface area (Å²) in [4.78, 5) is 17.3. The molecule has 1 aromatic carbocycles. The summed E-state index contributed by atoms with van der Waals surface area (Å²) < 4.78 is 0. The number of benzene rings is 1. The van der Waals surface area contributed by atoms with Crippen LogP contribution < -0.4 is 10.2 Å². The Balaban J connectivity index is 0.00000161. The smallest absolute Gasteiger partial charge is 0.278 e. The lowest BCUT2D eigenvalue weighted by molar-refractivity contribution is -0.383. The van der Waals surface area contributed by atoms with Crippen LogP contribution in [-0.2, 0) is 0 Å². The first-order valence-corrected chi connectivity index (χ1v) is 6.67. The lowest BCUT2D eigenvalue weighted by Crippen LogP contribution is -2.49. The third-order valence-corrected chi connectivity index (χ3v) is 3.63. The first-order chi connectivity index (χ1) is 9.66. The van der Waals surface area contributed by atoms with E-state index in [1.54, 1.807) is 24.4 Å². The van der Waals surface area contributed by atoms with Crippen molar-refractivity contribution in [3.63, 3.8) is 0 Å². The van der Waals surface area contributed by atoms with E-state index >= 15 is 0 Å². The van der Waals surface area contributed by atoms with Crippen LogP contribution in [0.1, 0.15) is 6.92 Å². The number of nitro benzene ring substituents is 1. The zero-order valence-electron chi connectivity index (χ0n) is 11.7. The second kappa shape index (κ2) is 6.24. The summed E-state index contributed by atoms with van der Waals surface area (Å²) >= 11 is 0. The van der Waals surface area contributed by atoms with Gasteiger partial charge in [0.15, 0.2) is 0 Å². The largest absolute Gasteiger partial charge is 0.367 e. The number of hydrogen-bond donors (Lipinski definition) is 1. The lowest BCUT2D eigenvalue weighted by atomic mass is 10.1. The Kier molecular flexibility index (Phi) is 4.59. The lowest BCUT2D eigenvalue weighted by Gasteiger charge is -2.34. The summed E-state index contributed by atoms with van der Waals surface area (Å²) in [5.41, 5.74) is 1.79. The van der Waals surface area contributed by atoms with Crippen molar-refractivity contribution in [2.45, 2.75) is 13.0 Å². The van der Waals surface area contributed by atoms with Crippen LogP contribution in [0, 0.1) is 10.1 Å². The molecule has 2 heterocycles. The number of hydrogen-bond acceptors (Lipinski definition) is 5. The number of nitro groups is 1. The molecule has 2 aromatic rings. The number of halogens is 1. The number of piperazine rings is 1. The molecule has 1 aliphatic heterocycles. The van der Waals surface area contributed by atoms with Crippen LogP contribution in [0.15, 0.2) is 30.5 Å². The summed E-state index contributed by atoms with van der Waals surface area (Å²) in [7, 11) is 0. The minimum Gasteiger partial charge on any atom is -0.367 e. The van der Waals surface area contributed by atoms with Gasteiger partial charge in [-0.3, -0.25) is 15.1 Å². The van der Waals surface area contributed by atoms with E-state index in [4.69, 9.17) is 0 Å². The number of nitrogens with zero attached hydrogens (tertiary/aromatic N) is 3. The van der Waals surface area contributed by atoms with Gasteiger partial charge < -0.3 is 10.2 Å². The Morgan fingerprint density at radius 1 is 1.43 bits per heavy atom. The average molecular weight is 309 g/mol. The predicted octanol–water partition coefficient (Wildman–Crippen LogP) is 2.36. The van der Waals surface area contributed by atoms with Crippen molar-refractivity contribution in [3.8, 4) is 0 Å². The van der Waals surface area contributed by atoms with E-state index in [0.29, 0.717) is 16.9 Å². The Morgan fingerprint density at radius 2 is 2.24 bits per heavy atom. The van der Waals surface area contributed by atoms with Crippen molar-refractivity contribution in [3.05, 3.63) is 40.6 Å². The highest BCUT2D eigenvalue weighted by Crippen LogP contribution is 2.32.